The van der Waals surface area contributed by atoms with Crippen LogP contribution in [0.3, 0.4) is 0 Å². The second kappa shape index (κ2) is 7.84. The lowest BCUT2D eigenvalue weighted by atomic mass is 9.96. The topological polar surface area (TPSA) is 38.8 Å². The minimum atomic E-state index is -0.0322. The van der Waals surface area contributed by atoms with Crippen molar-refractivity contribution in [3.8, 4) is 11.5 Å². The number of para-hydroxylation sites is 2. The van der Waals surface area contributed by atoms with Crippen LogP contribution in [0.5, 0.6) is 11.5 Å². The van der Waals surface area contributed by atoms with Gasteiger partial charge in [-0.05, 0) is 47.9 Å². The van der Waals surface area contributed by atoms with Crippen LogP contribution in [0.4, 0.5) is 5.69 Å². The largest absolute Gasteiger partial charge is 0.497 e. The van der Waals surface area contributed by atoms with E-state index < -0.39 is 0 Å². The lowest BCUT2D eigenvalue weighted by Gasteiger charge is -2.20. The number of carbonyl (C=O) groups excluding carboxylic acids is 1. The number of methoxy groups -OCH3 is 2. The van der Waals surface area contributed by atoms with E-state index in [0.717, 1.165) is 28.1 Å². The third-order valence-electron chi connectivity index (χ3n) is 5.23. The van der Waals surface area contributed by atoms with Crippen molar-refractivity contribution in [2.45, 2.75) is 6.92 Å². The van der Waals surface area contributed by atoms with Crippen molar-refractivity contribution in [3.05, 3.63) is 89.5 Å². The monoisotopic (exact) mass is 385 g/mol. The number of anilines is 1. The number of ether oxygens (including phenoxy) is 2. The van der Waals surface area contributed by atoms with Crippen LogP contribution in [0.25, 0.3) is 11.1 Å². The number of aryl methyl sites for hydroxylation is 1. The highest BCUT2D eigenvalue weighted by atomic mass is 16.5. The van der Waals surface area contributed by atoms with Gasteiger partial charge in [0.15, 0.2) is 0 Å². The zero-order valence-corrected chi connectivity index (χ0v) is 16.8. The Balaban J connectivity index is 1.83. The summed E-state index contributed by atoms with van der Waals surface area (Å²) in [6, 6.07) is 23.6. The Hall–Kier alpha value is -3.53. The Labute approximate surface area is 171 Å². The van der Waals surface area contributed by atoms with Gasteiger partial charge in [0.25, 0.3) is 5.91 Å². The summed E-state index contributed by atoms with van der Waals surface area (Å²) in [4.78, 5) is 15.3. The van der Waals surface area contributed by atoms with Gasteiger partial charge in [0.1, 0.15) is 11.5 Å². The summed E-state index contributed by atoms with van der Waals surface area (Å²) in [6.07, 6.45) is 0. The molecular weight excluding hydrogens is 362 g/mol. The van der Waals surface area contributed by atoms with Crippen LogP contribution in [0.15, 0.2) is 72.8 Å². The van der Waals surface area contributed by atoms with Gasteiger partial charge in [-0.25, -0.2) is 0 Å². The SMILES string of the molecule is COc1ccc(C2=C(c3ccc(C)cc3)CN(c3ccccc3OC)C2=O)cc1. The van der Waals surface area contributed by atoms with Crippen molar-refractivity contribution < 1.29 is 14.3 Å². The zero-order chi connectivity index (χ0) is 20.4. The van der Waals surface area contributed by atoms with Crippen LogP contribution < -0.4 is 14.4 Å². The van der Waals surface area contributed by atoms with Gasteiger partial charge < -0.3 is 14.4 Å². The molecule has 0 saturated carbocycles. The fourth-order valence-corrected chi connectivity index (χ4v) is 3.67. The van der Waals surface area contributed by atoms with E-state index in [1.807, 2.05) is 48.5 Å². The molecule has 146 valence electrons. The lowest BCUT2D eigenvalue weighted by molar-refractivity contribution is -0.112. The standard InChI is InChI=1S/C25H23NO3/c1-17-8-10-18(11-9-17)21-16-26(22-6-4-5-7-23(22)29-3)25(27)24(21)19-12-14-20(28-2)15-13-19/h4-15H,16H2,1-3H3. The van der Waals surface area contributed by atoms with Crippen molar-refractivity contribution in [2.75, 3.05) is 25.7 Å². The third kappa shape index (κ3) is 3.49. The molecule has 0 atom stereocenters. The normalized spacial score (nSPS) is 13.8. The molecule has 3 aromatic carbocycles. The molecule has 0 unspecified atom stereocenters. The van der Waals surface area contributed by atoms with E-state index in [-0.39, 0.29) is 5.91 Å². The minimum absolute atomic E-state index is 0.0322. The van der Waals surface area contributed by atoms with Crippen molar-refractivity contribution in [3.63, 3.8) is 0 Å². The molecule has 0 N–H and O–H groups in total. The van der Waals surface area contributed by atoms with Gasteiger partial charge >= 0.3 is 0 Å². The maximum atomic E-state index is 13.6. The Morgan fingerprint density at radius 2 is 1.45 bits per heavy atom. The lowest BCUT2D eigenvalue weighted by Crippen LogP contribution is -2.26. The summed E-state index contributed by atoms with van der Waals surface area (Å²) >= 11 is 0. The highest BCUT2D eigenvalue weighted by Gasteiger charge is 2.34. The molecule has 0 aromatic heterocycles. The molecule has 1 heterocycles. The number of carbonyl (C=O) groups is 1. The van der Waals surface area contributed by atoms with Gasteiger partial charge in [-0.2, -0.15) is 0 Å². The minimum Gasteiger partial charge on any atom is -0.497 e. The molecule has 0 bridgehead atoms. The van der Waals surface area contributed by atoms with Gasteiger partial charge in [0.2, 0.25) is 0 Å². The molecule has 4 rings (SSSR count). The van der Waals surface area contributed by atoms with E-state index in [1.165, 1.54) is 5.56 Å². The average Bonchev–Trinajstić information content (AvgIpc) is 3.11. The summed E-state index contributed by atoms with van der Waals surface area (Å²) in [5.41, 5.74) is 5.60. The first-order valence-corrected chi connectivity index (χ1v) is 9.52. The van der Waals surface area contributed by atoms with Gasteiger partial charge in [0, 0.05) is 0 Å². The zero-order valence-electron chi connectivity index (χ0n) is 16.8. The summed E-state index contributed by atoms with van der Waals surface area (Å²) in [7, 11) is 3.26. The van der Waals surface area contributed by atoms with Crippen LogP contribution in [-0.4, -0.2) is 26.7 Å². The van der Waals surface area contributed by atoms with Crippen molar-refractivity contribution >= 4 is 22.7 Å². The van der Waals surface area contributed by atoms with E-state index in [9.17, 15) is 4.79 Å². The first-order chi connectivity index (χ1) is 14.1. The third-order valence-corrected chi connectivity index (χ3v) is 5.23. The number of nitrogens with zero attached hydrogens (tertiary/aromatic N) is 1. The first kappa shape index (κ1) is 18.8. The van der Waals surface area contributed by atoms with Crippen LogP contribution in [-0.2, 0) is 4.79 Å². The predicted molar refractivity (Wildman–Crippen MR) is 116 cm³/mol. The van der Waals surface area contributed by atoms with Gasteiger partial charge in [-0.1, -0.05) is 54.1 Å². The molecule has 4 nitrogen and oxygen atoms in total. The van der Waals surface area contributed by atoms with E-state index in [1.54, 1.807) is 19.1 Å². The Kier molecular flexibility index (Phi) is 5.09. The number of benzene rings is 3. The molecule has 1 aliphatic heterocycles. The second-order valence-electron chi connectivity index (χ2n) is 7.01. The van der Waals surface area contributed by atoms with Crippen molar-refractivity contribution in [1.82, 2.24) is 0 Å². The van der Waals surface area contributed by atoms with Gasteiger partial charge in [0.05, 0.1) is 32.0 Å². The second-order valence-corrected chi connectivity index (χ2v) is 7.01. The smallest absolute Gasteiger partial charge is 0.259 e. The Morgan fingerprint density at radius 3 is 2.10 bits per heavy atom. The fourth-order valence-electron chi connectivity index (χ4n) is 3.67. The predicted octanol–water partition coefficient (Wildman–Crippen LogP) is 4.97. The van der Waals surface area contributed by atoms with Crippen LogP contribution in [0.2, 0.25) is 0 Å². The van der Waals surface area contributed by atoms with Crippen molar-refractivity contribution in [1.29, 1.82) is 0 Å². The van der Waals surface area contributed by atoms with E-state index in [0.29, 0.717) is 17.9 Å². The van der Waals surface area contributed by atoms with Crippen LogP contribution in [0.1, 0.15) is 16.7 Å². The van der Waals surface area contributed by atoms with Crippen LogP contribution in [0, 0.1) is 6.92 Å². The molecular formula is C25H23NO3. The van der Waals surface area contributed by atoms with E-state index >= 15 is 0 Å². The maximum Gasteiger partial charge on any atom is 0.259 e. The van der Waals surface area contributed by atoms with Gasteiger partial charge in [-0.3, -0.25) is 4.79 Å². The average molecular weight is 385 g/mol. The summed E-state index contributed by atoms with van der Waals surface area (Å²) in [5, 5.41) is 0. The number of amides is 1. The molecule has 4 heteroatoms. The summed E-state index contributed by atoms with van der Waals surface area (Å²) in [5.74, 6) is 1.41. The van der Waals surface area contributed by atoms with Crippen molar-refractivity contribution in [2.24, 2.45) is 0 Å². The molecule has 1 aliphatic rings. The highest BCUT2D eigenvalue weighted by molar-refractivity contribution is 6.36. The van der Waals surface area contributed by atoms with Gasteiger partial charge in [-0.15, -0.1) is 0 Å². The molecule has 0 fully saturated rings. The molecule has 0 spiro atoms. The van der Waals surface area contributed by atoms with Crippen LogP contribution >= 0.6 is 0 Å². The molecule has 29 heavy (non-hydrogen) atoms. The summed E-state index contributed by atoms with van der Waals surface area (Å²) in [6.45, 7) is 2.55. The van der Waals surface area contributed by atoms with E-state index in [4.69, 9.17) is 9.47 Å². The molecule has 1 amide bonds. The number of hydrogen-bond acceptors (Lipinski definition) is 3. The molecule has 0 aliphatic carbocycles. The number of hydrogen-bond donors (Lipinski definition) is 0. The highest BCUT2D eigenvalue weighted by Crippen LogP contribution is 2.40. The number of rotatable bonds is 5. The Bertz CT molecular complexity index is 1070. The quantitative estimate of drug-likeness (QED) is 0.622. The fraction of sp³-hybridized carbons (Fsp3) is 0.160. The van der Waals surface area contributed by atoms with E-state index in [2.05, 4.69) is 31.2 Å². The first-order valence-electron chi connectivity index (χ1n) is 9.52. The maximum absolute atomic E-state index is 13.6. The summed E-state index contributed by atoms with van der Waals surface area (Å²) < 4.78 is 10.8. The molecule has 0 saturated heterocycles. The molecule has 0 radical (unpaired) electrons. The molecule has 3 aromatic rings. The Morgan fingerprint density at radius 1 is 0.793 bits per heavy atom.